The highest BCUT2D eigenvalue weighted by molar-refractivity contribution is 7.09. The molecule has 1 aromatic carbocycles. The molecule has 2 saturated heterocycles. The van der Waals surface area contributed by atoms with Crippen molar-refractivity contribution in [3.8, 4) is 5.75 Å². The fourth-order valence-corrected chi connectivity index (χ4v) is 5.95. The van der Waals surface area contributed by atoms with Crippen LogP contribution >= 0.6 is 11.3 Å². The SMILES string of the molecule is CCOC(=O)C1CCN(C(=O)c2csc(C3CCN(C(=O)CCC(=O)c4ccc(OC)cc4)CC3)n2)CC1. The molecule has 0 atom stereocenters. The topological polar surface area (TPSA) is 106 Å². The van der Waals surface area contributed by atoms with Crippen molar-refractivity contribution >= 4 is 34.9 Å². The smallest absolute Gasteiger partial charge is 0.309 e. The number of nitrogens with zero attached hydrogens (tertiary/aromatic N) is 3. The van der Waals surface area contributed by atoms with Gasteiger partial charge in [-0.15, -0.1) is 11.3 Å². The lowest BCUT2D eigenvalue weighted by Crippen LogP contribution is -2.40. The van der Waals surface area contributed by atoms with E-state index >= 15 is 0 Å². The lowest BCUT2D eigenvalue weighted by molar-refractivity contribution is -0.149. The summed E-state index contributed by atoms with van der Waals surface area (Å²) in [5, 5.41) is 2.74. The summed E-state index contributed by atoms with van der Waals surface area (Å²) in [6, 6.07) is 6.92. The lowest BCUT2D eigenvalue weighted by atomic mass is 9.96. The number of benzene rings is 1. The number of ether oxygens (including phenoxy) is 2. The molecule has 0 unspecified atom stereocenters. The molecular formula is C28H35N3O6S. The van der Waals surface area contributed by atoms with E-state index in [2.05, 4.69) is 4.98 Å². The molecule has 2 aromatic rings. The summed E-state index contributed by atoms with van der Waals surface area (Å²) in [4.78, 5) is 58.3. The first-order valence-electron chi connectivity index (χ1n) is 13.3. The number of carbonyl (C=O) groups excluding carboxylic acids is 4. The number of amides is 2. The first kappa shape index (κ1) is 27.8. The van der Waals surface area contributed by atoms with E-state index < -0.39 is 0 Å². The standard InChI is InChI=1S/C28H35N3O6S/c1-3-37-28(35)21-12-16-31(17-13-21)27(34)23-18-38-26(29-23)20-10-14-30(15-11-20)25(33)9-8-24(32)19-4-6-22(36-2)7-5-19/h4-7,18,20-21H,3,8-17H2,1-2H3. The molecule has 2 fully saturated rings. The zero-order chi connectivity index (χ0) is 27.1. The average Bonchev–Trinajstić information content (AvgIpc) is 3.46. The maximum absolute atomic E-state index is 13.0. The molecule has 9 nitrogen and oxygen atoms in total. The fraction of sp³-hybridized carbons (Fsp3) is 0.536. The largest absolute Gasteiger partial charge is 0.497 e. The maximum atomic E-state index is 13.0. The number of ketones is 1. The predicted octanol–water partition coefficient (Wildman–Crippen LogP) is 3.94. The Labute approximate surface area is 227 Å². The van der Waals surface area contributed by atoms with Gasteiger partial charge in [0.05, 0.1) is 24.6 Å². The van der Waals surface area contributed by atoms with Crippen molar-refractivity contribution < 1.29 is 28.7 Å². The number of methoxy groups -OCH3 is 1. The third-order valence-electron chi connectivity index (χ3n) is 7.32. The minimum absolute atomic E-state index is 0.00783. The van der Waals surface area contributed by atoms with Gasteiger partial charge in [0.15, 0.2) is 5.78 Å². The normalized spacial score (nSPS) is 16.8. The predicted molar refractivity (Wildman–Crippen MR) is 142 cm³/mol. The van der Waals surface area contributed by atoms with Gasteiger partial charge in [-0.1, -0.05) is 0 Å². The average molecular weight is 542 g/mol. The Bertz CT molecular complexity index is 1130. The molecule has 204 valence electrons. The number of Topliss-reactive ketones (excluding diaryl/α,β-unsaturated/α-hetero) is 1. The van der Waals surface area contributed by atoms with Gasteiger partial charge in [0.1, 0.15) is 11.4 Å². The fourth-order valence-electron chi connectivity index (χ4n) is 4.99. The number of carbonyl (C=O) groups is 4. The Balaban J connectivity index is 1.21. The van der Waals surface area contributed by atoms with Crippen LogP contribution in [0.5, 0.6) is 5.75 Å². The molecule has 3 heterocycles. The Morgan fingerprint density at radius 2 is 1.61 bits per heavy atom. The van der Waals surface area contributed by atoms with Crippen molar-refractivity contribution in [3.63, 3.8) is 0 Å². The van der Waals surface area contributed by atoms with Crippen molar-refractivity contribution in [2.75, 3.05) is 39.9 Å². The first-order chi connectivity index (χ1) is 18.4. The highest BCUT2D eigenvalue weighted by Crippen LogP contribution is 2.31. The molecule has 4 rings (SSSR count). The van der Waals surface area contributed by atoms with Crippen LogP contribution in [0.25, 0.3) is 0 Å². The summed E-state index contributed by atoms with van der Waals surface area (Å²) < 4.78 is 10.2. The Morgan fingerprint density at radius 1 is 0.947 bits per heavy atom. The molecular weight excluding hydrogens is 506 g/mol. The molecule has 2 aliphatic rings. The quantitative estimate of drug-likeness (QED) is 0.350. The minimum Gasteiger partial charge on any atom is -0.497 e. The summed E-state index contributed by atoms with van der Waals surface area (Å²) in [7, 11) is 1.58. The van der Waals surface area contributed by atoms with Gasteiger partial charge in [-0.2, -0.15) is 0 Å². The summed E-state index contributed by atoms with van der Waals surface area (Å²) in [5.74, 6) is 0.424. The van der Waals surface area contributed by atoms with Crippen molar-refractivity contribution in [1.82, 2.24) is 14.8 Å². The van der Waals surface area contributed by atoms with Gasteiger partial charge in [0.25, 0.3) is 5.91 Å². The van der Waals surface area contributed by atoms with E-state index in [0.29, 0.717) is 62.6 Å². The summed E-state index contributed by atoms with van der Waals surface area (Å²) in [6.07, 6.45) is 3.16. The lowest BCUT2D eigenvalue weighted by Gasteiger charge is -2.31. The number of aromatic nitrogens is 1. The number of esters is 1. The molecule has 0 spiro atoms. The summed E-state index contributed by atoms with van der Waals surface area (Å²) in [6.45, 7) is 4.45. The monoisotopic (exact) mass is 541 g/mol. The van der Waals surface area contributed by atoms with Crippen LogP contribution in [0, 0.1) is 5.92 Å². The maximum Gasteiger partial charge on any atom is 0.309 e. The third kappa shape index (κ3) is 6.78. The number of rotatable bonds is 9. The van der Waals surface area contributed by atoms with Crippen LogP contribution < -0.4 is 4.74 Å². The highest BCUT2D eigenvalue weighted by atomic mass is 32.1. The Kier molecular flexibility index (Phi) is 9.49. The van der Waals surface area contributed by atoms with E-state index in [-0.39, 0.29) is 48.2 Å². The number of thiazole rings is 1. The molecule has 0 aliphatic carbocycles. The molecule has 1 aromatic heterocycles. The number of piperidine rings is 2. The van der Waals surface area contributed by atoms with Crippen molar-refractivity contribution in [3.05, 3.63) is 45.9 Å². The number of hydrogen-bond acceptors (Lipinski definition) is 8. The molecule has 0 N–H and O–H groups in total. The molecule has 0 radical (unpaired) electrons. The second kappa shape index (κ2) is 13.0. The molecule has 10 heteroatoms. The number of likely N-dealkylation sites (tertiary alicyclic amines) is 2. The first-order valence-corrected chi connectivity index (χ1v) is 14.1. The molecule has 0 saturated carbocycles. The van der Waals surface area contributed by atoms with E-state index in [1.165, 1.54) is 11.3 Å². The molecule has 38 heavy (non-hydrogen) atoms. The van der Waals surface area contributed by atoms with Crippen molar-refractivity contribution in [2.24, 2.45) is 5.92 Å². The zero-order valence-electron chi connectivity index (χ0n) is 22.0. The van der Waals surface area contributed by atoms with Crippen LogP contribution in [0.15, 0.2) is 29.6 Å². The van der Waals surface area contributed by atoms with E-state index in [4.69, 9.17) is 9.47 Å². The van der Waals surface area contributed by atoms with Crippen LogP contribution in [0.2, 0.25) is 0 Å². The zero-order valence-corrected chi connectivity index (χ0v) is 22.8. The van der Waals surface area contributed by atoms with E-state index in [9.17, 15) is 19.2 Å². The Morgan fingerprint density at radius 3 is 2.24 bits per heavy atom. The van der Waals surface area contributed by atoms with E-state index in [1.807, 2.05) is 10.3 Å². The van der Waals surface area contributed by atoms with Crippen LogP contribution in [-0.4, -0.2) is 78.2 Å². The second-order valence-corrected chi connectivity index (χ2v) is 10.6. The van der Waals surface area contributed by atoms with E-state index in [0.717, 1.165) is 17.8 Å². The van der Waals surface area contributed by atoms with Gasteiger partial charge < -0.3 is 19.3 Å². The third-order valence-corrected chi connectivity index (χ3v) is 8.33. The van der Waals surface area contributed by atoms with Crippen molar-refractivity contribution in [1.29, 1.82) is 0 Å². The summed E-state index contributed by atoms with van der Waals surface area (Å²) in [5.41, 5.74) is 1.03. The Hall–Kier alpha value is -3.27. The van der Waals surface area contributed by atoms with E-state index in [1.54, 1.807) is 43.2 Å². The molecule has 0 bridgehead atoms. The highest BCUT2D eigenvalue weighted by Gasteiger charge is 2.31. The van der Waals surface area contributed by atoms with Gasteiger partial charge in [-0.05, 0) is 56.9 Å². The minimum atomic E-state index is -0.177. The van der Waals surface area contributed by atoms with Gasteiger partial charge >= 0.3 is 5.97 Å². The van der Waals surface area contributed by atoms with Crippen LogP contribution in [0.4, 0.5) is 0 Å². The number of hydrogen-bond donors (Lipinski definition) is 0. The molecule has 2 aliphatic heterocycles. The van der Waals surface area contributed by atoms with Crippen molar-refractivity contribution in [2.45, 2.75) is 51.4 Å². The van der Waals surface area contributed by atoms with Gasteiger partial charge in [-0.25, -0.2) is 4.98 Å². The van der Waals surface area contributed by atoms with Crippen LogP contribution in [0.1, 0.15) is 77.2 Å². The van der Waals surface area contributed by atoms with Gasteiger partial charge in [-0.3, -0.25) is 19.2 Å². The van der Waals surface area contributed by atoms with Gasteiger partial charge in [0.2, 0.25) is 5.91 Å². The molecule has 2 amide bonds. The van der Waals surface area contributed by atoms with Gasteiger partial charge in [0, 0.05) is 55.9 Å². The van der Waals surface area contributed by atoms with Crippen LogP contribution in [-0.2, 0) is 14.3 Å². The van der Waals surface area contributed by atoms with Crippen LogP contribution in [0.3, 0.4) is 0 Å². The summed E-state index contributed by atoms with van der Waals surface area (Å²) >= 11 is 1.49. The second-order valence-electron chi connectivity index (χ2n) is 9.70.